The first kappa shape index (κ1) is 15.2. The van der Waals surface area contributed by atoms with Gasteiger partial charge in [-0.3, -0.25) is 0 Å². The van der Waals surface area contributed by atoms with Gasteiger partial charge in [0.1, 0.15) is 0 Å². The van der Waals surface area contributed by atoms with Crippen LogP contribution in [0.25, 0.3) is 0 Å². The molecule has 2 atom stereocenters. The molecule has 0 radical (unpaired) electrons. The molecule has 2 saturated heterocycles. The summed E-state index contributed by atoms with van der Waals surface area (Å²) in [6.45, 7) is 1.12. The minimum absolute atomic E-state index is 0.0264. The molecule has 0 aromatic heterocycles. The van der Waals surface area contributed by atoms with E-state index in [4.69, 9.17) is 0 Å². The van der Waals surface area contributed by atoms with E-state index in [0.717, 1.165) is 25.8 Å². The lowest BCUT2D eigenvalue weighted by Crippen LogP contribution is -2.43. The van der Waals surface area contributed by atoms with Crippen LogP contribution in [0.1, 0.15) is 25.7 Å². The van der Waals surface area contributed by atoms with Gasteiger partial charge in [0.15, 0.2) is 9.84 Å². The third kappa shape index (κ3) is 5.02. The fraction of sp³-hybridized carbons (Fsp3) is 1.00. The molecule has 19 heavy (non-hydrogen) atoms. The molecule has 0 amide bonds. The number of hydrogen-bond acceptors (Lipinski definition) is 5. The zero-order valence-electron chi connectivity index (χ0n) is 11.0. The van der Waals surface area contributed by atoms with E-state index in [1.807, 2.05) is 0 Å². The maximum atomic E-state index is 11.9. The van der Waals surface area contributed by atoms with Crippen LogP contribution in [0, 0.1) is 5.92 Å². The molecule has 2 aliphatic rings. The molecule has 112 valence electrons. The first-order valence-electron chi connectivity index (χ1n) is 6.77. The van der Waals surface area contributed by atoms with Gasteiger partial charge in [-0.05, 0) is 31.7 Å². The van der Waals surface area contributed by atoms with Crippen LogP contribution >= 0.6 is 0 Å². The van der Waals surface area contributed by atoms with Crippen LogP contribution in [0.3, 0.4) is 0 Å². The Balaban J connectivity index is 1.78. The van der Waals surface area contributed by atoms with Crippen LogP contribution in [0.4, 0.5) is 0 Å². The lowest BCUT2D eigenvalue weighted by Gasteiger charge is -2.23. The first-order valence-corrected chi connectivity index (χ1v) is 10.2. The summed E-state index contributed by atoms with van der Waals surface area (Å²) < 4.78 is 49.0. The fourth-order valence-electron chi connectivity index (χ4n) is 2.67. The normalized spacial score (nSPS) is 31.4. The van der Waals surface area contributed by atoms with Gasteiger partial charge >= 0.3 is 0 Å². The monoisotopic (exact) mass is 310 g/mol. The Morgan fingerprint density at radius 2 is 2.00 bits per heavy atom. The average molecular weight is 310 g/mol. The van der Waals surface area contributed by atoms with Gasteiger partial charge in [-0.2, -0.15) is 0 Å². The van der Waals surface area contributed by atoms with Gasteiger partial charge in [-0.25, -0.2) is 21.6 Å². The maximum Gasteiger partial charge on any atom is 0.213 e. The standard InChI is InChI=1S/C11H22N2O4S2/c14-18(15)6-4-10(8-18)7-13-19(16,17)9-11-3-1-2-5-12-11/h10-13H,1-9H2. The summed E-state index contributed by atoms with van der Waals surface area (Å²) in [6, 6.07) is 0.0264. The van der Waals surface area contributed by atoms with E-state index in [0.29, 0.717) is 6.42 Å². The summed E-state index contributed by atoms with van der Waals surface area (Å²) in [5.74, 6) is 0.312. The van der Waals surface area contributed by atoms with Crippen molar-refractivity contribution in [1.29, 1.82) is 0 Å². The molecule has 8 heteroatoms. The van der Waals surface area contributed by atoms with Gasteiger partial charge in [-0.1, -0.05) is 6.42 Å². The van der Waals surface area contributed by atoms with Gasteiger partial charge in [0, 0.05) is 12.6 Å². The molecule has 6 nitrogen and oxygen atoms in total. The van der Waals surface area contributed by atoms with Crippen LogP contribution in [0.5, 0.6) is 0 Å². The largest absolute Gasteiger partial charge is 0.313 e. The molecule has 2 aliphatic heterocycles. The van der Waals surface area contributed by atoms with Crippen molar-refractivity contribution in [3.8, 4) is 0 Å². The summed E-state index contributed by atoms with van der Waals surface area (Å²) in [4.78, 5) is 0. The molecular weight excluding hydrogens is 288 g/mol. The highest BCUT2D eigenvalue weighted by atomic mass is 32.2. The first-order chi connectivity index (χ1) is 8.86. The zero-order chi connectivity index (χ0) is 13.9. The minimum Gasteiger partial charge on any atom is -0.313 e. The molecular formula is C11H22N2O4S2. The Bertz CT molecular complexity index is 495. The fourth-order valence-corrected chi connectivity index (χ4v) is 5.95. The van der Waals surface area contributed by atoms with Gasteiger partial charge in [0.2, 0.25) is 10.0 Å². The molecule has 0 aromatic carbocycles. The molecule has 2 fully saturated rings. The third-order valence-electron chi connectivity index (χ3n) is 3.75. The van der Waals surface area contributed by atoms with Gasteiger partial charge < -0.3 is 5.32 Å². The Morgan fingerprint density at radius 1 is 1.21 bits per heavy atom. The van der Waals surface area contributed by atoms with Crippen LogP contribution < -0.4 is 10.0 Å². The summed E-state index contributed by atoms with van der Waals surface area (Å²) in [6.07, 6.45) is 3.61. The van der Waals surface area contributed by atoms with E-state index in [1.54, 1.807) is 0 Å². The predicted octanol–water partition coefficient (Wildman–Crippen LogP) is -0.517. The summed E-state index contributed by atoms with van der Waals surface area (Å²) in [5, 5.41) is 3.20. The van der Waals surface area contributed by atoms with Crippen molar-refractivity contribution in [2.75, 3.05) is 30.3 Å². The zero-order valence-corrected chi connectivity index (χ0v) is 12.6. The van der Waals surface area contributed by atoms with Gasteiger partial charge in [0.25, 0.3) is 0 Å². The van der Waals surface area contributed by atoms with E-state index in [2.05, 4.69) is 10.0 Å². The van der Waals surface area contributed by atoms with E-state index < -0.39 is 19.9 Å². The highest BCUT2D eigenvalue weighted by Gasteiger charge is 2.29. The summed E-state index contributed by atoms with van der Waals surface area (Å²) >= 11 is 0. The molecule has 2 unspecified atom stereocenters. The Labute approximate surface area is 115 Å². The molecule has 0 bridgehead atoms. The minimum atomic E-state index is -3.31. The second-order valence-corrected chi connectivity index (χ2v) is 9.63. The lowest BCUT2D eigenvalue weighted by molar-refractivity contribution is 0.421. The number of rotatable bonds is 5. The summed E-state index contributed by atoms with van der Waals surface area (Å²) in [7, 11) is -6.25. The Hall–Kier alpha value is -0.180. The van der Waals surface area contributed by atoms with E-state index >= 15 is 0 Å². The predicted molar refractivity (Wildman–Crippen MR) is 74.2 cm³/mol. The van der Waals surface area contributed by atoms with Crippen LogP contribution in [-0.4, -0.2) is 53.2 Å². The average Bonchev–Trinajstić information content (AvgIpc) is 2.67. The molecule has 2 N–H and O–H groups in total. The number of piperidine rings is 1. The van der Waals surface area contributed by atoms with Crippen molar-refractivity contribution in [3.05, 3.63) is 0 Å². The maximum absolute atomic E-state index is 11.9. The van der Waals surface area contributed by atoms with Crippen molar-refractivity contribution in [2.24, 2.45) is 5.92 Å². The van der Waals surface area contributed by atoms with Crippen LogP contribution in [-0.2, 0) is 19.9 Å². The quantitative estimate of drug-likeness (QED) is 0.713. The SMILES string of the molecule is O=S1(=O)CCC(CNS(=O)(=O)CC2CCCCN2)C1. The molecule has 2 heterocycles. The highest BCUT2D eigenvalue weighted by Crippen LogP contribution is 2.17. The third-order valence-corrected chi connectivity index (χ3v) is 7.04. The van der Waals surface area contributed by atoms with Gasteiger partial charge in [0.05, 0.1) is 17.3 Å². The molecule has 0 aliphatic carbocycles. The molecule has 2 rings (SSSR count). The number of nitrogens with one attached hydrogen (secondary N) is 2. The van der Waals surface area contributed by atoms with Crippen LogP contribution in [0.2, 0.25) is 0 Å². The van der Waals surface area contributed by atoms with Crippen molar-refractivity contribution >= 4 is 19.9 Å². The summed E-state index contributed by atoms with van der Waals surface area (Å²) in [5.41, 5.74) is 0. The van der Waals surface area contributed by atoms with Crippen molar-refractivity contribution < 1.29 is 16.8 Å². The molecule has 0 spiro atoms. The lowest BCUT2D eigenvalue weighted by atomic mass is 10.1. The second kappa shape index (κ2) is 6.07. The molecule has 0 saturated carbocycles. The van der Waals surface area contributed by atoms with Crippen molar-refractivity contribution in [2.45, 2.75) is 31.7 Å². The number of sulfonamides is 1. The smallest absolute Gasteiger partial charge is 0.213 e. The topological polar surface area (TPSA) is 92.3 Å². The van der Waals surface area contributed by atoms with Crippen molar-refractivity contribution in [3.63, 3.8) is 0 Å². The number of sulfone groups is 1. The highest BCUT2D eigenvalue weighted by molar-refractivity contribution is 7.91. The van der Waals surface area contributed by atoms with E-state index in [-0.39, 0.29) is 35.8 Å². The van der Waals surface area contributed by atoms with Crippen molar-refractivity contribution in [1.82, 2.24) is 10.0 Å². The Kier molecular flexibility index (Phi) is 4.86. The van der Waals surface area contributed by atoms with E-state index in [1.165, 1.54) is 0 Å². The Morgan fingerprint density at radius 3 is 2.58 bits per heavy atom. The van der Waals surface area contributed by atoms with Gasteiger partial charge in [-0.15, -0.1) is 0 Å². The van der Waals surface area contributed by atoms with E-state index in [9.17, 15) is 16.8 Å². The number of hydrogen-bond donors (Lipinski definition) is 2. The van der Waals surface area contributed by atoms with Crippen LogP contribution in [0.15, 0.2) is 0 Å². The second-order valence-electron chi connectivity index (χ2n) is 5.55. The molecule has 0 aromatic rings.